The van der Waals surface area contributed by atoms with Crippen molar-refractivity contribution in [3.05, 3.63) is 60.3 Å². The first-order valence-electron chi connectivity index (χ1n) is 8.42. The standard InChI is InChI=1S/C18H18N6O4S2/c1-28-13-6-2-11(3-7-13)16-15(17(25)21-22-18(19)29)10-24(23-16)12-4-8-14(9-5-12)30(20,26)27/h2-10H,1H3,(H,21,25)(H3,19,22,29)(H2,20,26,27). The maximum atomic E-state index is 12.6. The molecule has 1 aromatic heterocycles. The molecular weight excluding hydrogens is 428 g/mol. The first-order chi connectivity index (χ1) is 14.2. The van der Waals surface area contributed by atoms with Gasteiger partial charge in [-0.05, 0) is 60.7 Å². The van der Waals surface area contributed by atoms with Gasteiger partial charge in [-0.25, -0.2) is 18.2 Å². The molecule has 0 aliphatic heterocycles. The number of hydrazine groups is 1. The van der Waals surface area contributed by atoms with Crippen LogP contribution in [0.4, 0.5) is 0 Å². The molecule has 0 saturated carbocycles. The summed E-state index contributed by atoms with van der Waals surface area (Å²) in [5.74, 6) is 0.138. The van der Waals surface area contributed by atoms with Gasteiger partial charge in [0.2, 0.25) is 10.0 Å². The van der Waals surface area contributed by atoms with Crippen molar-refractivity contribution in [2.75, 3.05) is 7.11 Å². The van der Waals surface area contributed by atoms with Gasteiger partial charge in [-0.1, -0.05) is 0 Å². The Morgan fingerprint density at radius 1 is 1.10 bits per heavy atom. The predicted octanol–water partition coefficient (Wildman–Crippen LogP) is 0.673. The van der Waals surface area contributed by atoms with Crippen LogP contribution in [-0.2, 0) is 10.0 Å². The van der Waals surface area contributed by atoms with Crippen LogP contribution in [0.25, 0.3) is 16.9 Å². The number of rotatable bonds is 5. The van der Waals surface area contributed by atoms with Crippen molar-refractivity contribution in [3.8, 4) is 22.7 Å². The second-order valence-corrected chi connectivity index (χ2v) is 8.05. The van der Waals surface area contributed by atoms with E-state index in [1.165, 1.54) is 35.1 Å². The zero-order valence-corrected chi connectivity index (χ0v) is 17.3. The van der Waals surface area contributed by atoms with Crippen LogP contribution in [-0.4, -0.2) is 36.3 Å². The van der Waals surface area contributed by atoms with Gasteiger partial charge in [-0.3, -0.25) is 15.6 Å². The highest BCUT2D eigenvalue weighted by atomic mass is 32.2. The Bertz CT molecular complexity index is 1190. The van der Waals surface area contributed by atoms with Crippen molar-refractivity contribution in [3.63, 3.8) is 0 Å². The van der Waals surface area contributed by atoms with Gasteiger partial charge in [0.1, 0.15) is 11.4 Å². The number of nitrogens with two attached hydrogens (primary N) is 2. The van der Waals surface area contributed by atoms with Gasteiger partial charge >= 0.3 is 0 Å². The number of nitrogens with zero attached hydrogens (tertiary/aromatic N) is 2. The Morgan fingerprint density at radius 2 is 1.73 bits per heavy atom. The number of primary sulfonamides is 1. The number of ether oxygens (including phenoxy) is 1. The fraction of sp³-hybridized carbons (Fsp3) is 0.0556. The molecule has 0 aliphatic carbocycles. The number of sulfonamides is 1. The third-order valence-electron chi connectivity index (χ3n) is 4.05. The highest BCUT2D eigenvalue weighted by molar-refractivity contribution is 7.89. The van der Waals surface area contributed by atoms with E-state index in [1.807, 2.05) is 0 Å². The van der Waals surface area contributed by atoms with Crippen molar-refractivity contribution in [2.24, 2.45) is 10.9 Å². The molecule has 1 heterocycles. The minimum Gasteiger partial charge on any atom is -0.497 e. The van der Waals surface area contributed by atoms with Crippen LogP contribution in [0.1, 0.15) is 10.4 Å². The van der Waals surface area contributed by atoms with E-state index in [9.17, 15) is 13.2 Å². The summed E-state index contributed by atoms with van der Waals surface area (Å²) in [6.07, 6.45) is 1.50. The molecule has 0 radical (unpaired) electrons. The number of nitrogens with one attached hydrogen (secondary N) is 2. The largest absolute Gasteiger partial charge is 0.497 e. The molecule has 0 unspecified atom stereocenters. The molecule has 156 valence electrons. The molecule has 0 spiro atoms. The van der Waals surface area contributed by atoms with Crippen molar-refractivity contribution in [2.45, 2.75) is 4.90 Å². The molecule has 0 aliphatic rings. The molecule has 2 aromatic carbocycles. The average molecular weight is 447 g/mol. The lowest BCUT2D eigenvalue weighted by Crippen LogP contribution is -2.44. The minimum absolute atomic E-state index is 0.0348. The van der Waals surface area contributed by atoms with Gasteiger partial charge in [0.25, 0.3) is 5.91 Å². The molecule has 30 heavy (non-hydrogen) atoms. The highest BCUT2D eigenvalue weighted by Crippen LogP contribution is 2.26. The van der Waals surface area contributed by atoms with Crippen molar-refractivity contribution in [1.82, 2.24) is 20.6 Å². The number of hydrogen-bond acceptors (Lipinski definition) is 6. The average Bonchev–Trinajstić information content (AvgIpc) is 3.17. The van der Waals surface area contributed by atoms with Crippen LogP contribution in [0.15, 0.2) is 59.6 Å². The smallest absolute Gasteiger partial charge is 0.273 e. The second-order valence-electron chi connectivity index (χ2n) is 6.05. The molecule has 0 atom stereocenters. The molecule has 0 saturated heterocycles. The van der Waals surface area contributed by atoms with Gasteiger partial charge in [0.05, 0.1) is 23.3 Å². The van der Waals surface area contributed by atoms with Gasteiger partial charge in [0, 0.05) is 11.8 Å². The third kappa shape index (κ3) is 4.74. The Hall–Kier alpha value is -3.48. The van der Waals surface area contributed by atoms with Gasteiger partial charge in [-0.15, -0.1) is 0 Å². The fourth-order valence-electron chi connectivity index (χ4n) is 2.61. The van der Waals surface area contributed by atoms with E-state index in [0.29, 0.717) is 22.7 Å². The molecule has 3 aromatic rings. The van der Waals surface area contributed by atoms with E-state index in [-0.39, 0.29) is 15.6 Å². The first kappa shape index (κ1) is 21.2. The van der Waals surface area contributed by atoms with Crippen LogP contribution in [0.3, 0.4) is 0 Å². The molecule has 10 nitrogen and oxygen atoms in total. The normalized spacial score (nSPS) is 11.0. The summed E-state index contributed by atoms with van der Waals surface area (Å²) in [5, 5.41) is 9.52. The summed E-state index contributed by atoms with van der Waals surface area (Å²) < 4.78 is 29.5. The van der Waals surface area contributed by atoms with E-state index in [4.69, 9.17) is 27.8 Å². The number of methoxy groups -OCH3 is 1. The fourth-order valence-corrected chi connectivity index (χ4v) is 3.18. The van der Waals surface area contributed by atoms with Crippen LogP contribution in [0.5, 0.6) is 5.75 Å². The molecule has 12 heteroatoms. The number of benzene rings is 2. The number of amides is 1. The summed E-state index contributed by atoms with van der Waals surface area (Å²) in [4.78, 5) is 12.6. The molecule has 3 rings (SSSR count). The van der Waals surface area contributed by atoms with Crippen molar-refractivity contribution in [1.29, 1.82) is 0 Å². The van der Waals surface area contributed by atoms with E-state index in [1.54, 1.807) is 31.4 Å². The lowest BCUT2D eigenvalue weighted by atomic mass is 10.1. The monoisotopic (exact) mass is 446 g/mol. The van der Waals surface area contributed by atoms with Crippen LogP contribution in [0, 0.1) is 0 Å². The quantitative estimate of drug-likeness (QED) is 0.329. The molecule has 0 fully saturated rings. The zero-order valence-electron chi connectivity index (χ0n) is 15.7. The van der Waals surface area contributed by atoms with Gasteiger partial charge in [0.15, 0.2) is 5.11 Å². The Balaban J connectivity index is 2.04. The Labute approximate surface area is 177 Å². The maximum absolute atomic E-state index is 12.6. The first-order valence-corrected chi connectivity index (χ1v) is 10.4. The maximum Gasteiger partial charge on any atom is 0.273 e. The Kier molecular flexibility index (Phi) is 6.01. The van der Waals surface area contributed by atoms with Crippen LogP contribution in [0.2, 0.25) is 0 Å². The third-order valence-corrected chi connectivity index (χ3v) is 5.08. The predicted molar refractivity (Wildman–Crippen MR) is 114 cm³/mol. The number of hydrogen-bond donors (Lipinski definition) is 4. The lowest BCUT2D eigenvalue weighted by Gasteiger charge is -2.06. The van der Waals surface area contributed by atoms with Gasteiger partial charge < -0.3 is 10.5 Å². The van der Waals surface area contributed by atoms with Crippen LogP contribution < -0.4 is 26.5 Å². The van der Waals surface area contributed by atoms with E-state index >= 15 is 0 Å². The van der Waals surface area contributed by atoms with E-state index in [2.05, 4.69) is 16.0 Å². The SMILES string of the molecule is COc1ccc(-c2nn(-c3ccc(S(N)(=O)=O)cc3)cc2C(=O)NNC(N)=S)cc1. The number of carbonyl (C=O) groups excluding carboxylic acids is 1. The summed E-state index contributed by atoms with van der Waals surface area (Å²) in [7, 11) is -2.27. The number of aromatic nitrogens is 2. The van der Waals surface area contributed by atoms with E-state index in [0.717, 1.165) is 0 Å². The summed E-state index contributed by atoms with van der Waals surface area (Å²) >= 11 is 4.70. The second kappa shape index (κ2) is 8.49. The zero-order chi connectivity index (χ0) is 21.9. The number of thiocarbonyl (C=S) groups is 1. The van der Waals surface area contributed by atoms with Crippen molar-refractivity contribution >= 4 is 33.3 Å². The minimum atomic E-state index is -3.82. The molecule has 1 amide bonds. The molecular formula is C18H18N6O4S2. The topological polar surface area (TPSA) is 154 Å². The lowest BCUT2D eigenvalue weighted by molar-refractivity contribution is 0.0944. The molecule has 6 N–H and O–H groups in total. The summed E-state index contributed by atoms with van der Waals surface area (Å²) in [5.41, 5.74) is 11.9. The molecule has 0 bridgehead atoms. The summed E-state index contributed by atoms with van der Waals surface area (Å²) in [6, 6.07) is 12.8. The Morgan fingerprint density at radius 3 is 2.27 bits per heavy atom. The van der Waals surface area contributed by atoms with Crippen LogP contribution >= 0.6 is 12.2 Å². The summed E-state index contributed by atoms with van der Waals surface area (Å²) in [6.45, 7) is 0. The van der Waals surface area contributed by atoms with E-state index < -0.39 is 15.9 Å². The van der Waals surface area contributed by atoms with Crippen molar-refractivity contribution < 1.29 is 17.9 Å². The number of carbonyl (C=O) groups is 1. The highest BCUT2D eigenvalue weighted by Gasteiger charge is 2.19. The van der Waals surface area contributed by atoms with Gasteiger partial charge in [-0.2, -0.15) is 5.10 Å².